The first-order chi connectivity index (χ1) is 9.69. The van der Waals surface area contributed by atoms with Gasteiger partial charge in [0.25, 0.3) is 0 Å². The largest absolute Gasteiger partial charge is 0.494 e. The van der Waals surface area contributed by atoms with E-state index in [1.54, 1.807) is 0 Å². The van der Waals surface area contributed by atoms with Gasteiger partial charge in [-0.1, -0.05) is 20.8 Å². The molecule has 0 aromatic heterocycles. The molecular weight excluding hydrogens is 248 g/mol. The molecule has 2 rings (SSSR count). The van der Waals surface area contributed by atoms with Crippen molar-refractivity contribution in [3.8, 4) is 5.75 Å². The number of anilines is 1. The van der Waals surface area contributed by atoms with Crippen LogP contribution in [-0.4, -0.2) is 32.8 Å². The Morgan fingerprint density at radius 2 is 1.70 bits per heavy atom. The Morgan fingerprint density at radius 1 is 1.10 bits per heavy atom. The van der Waals surface area contributed by atoms with E-state index in [0.717, 1.165) is 45.0 Å². The van der Waals surface area contributed by atoms with Crippen LogP contribution in [0.15, 0.2) is 24.3 Å². The van der Waals surface area contributed by atoms with Crippen LogP contribution >= 0.6 is 0 Å². The second kappa shape index (κ2) is 7.53. The van der Waals surface area contributed by atoms with Crippen molar-refractivity contribution in [1.82, 2.24) is 5.32 Å². The summed E-state index contributed by atoms with van der Waals surface area (Å²) in [5.41, 5.74) is 1.31. The molecule has 0 aliphatic carbocycles. The predicted octanol–water partition coefficient (Wildman–Crippen LogP) is 3.16. The Hall–Kier alpha value is -1.22. The van der Waals surface area contributed by atoms with Crippen LogP contribution in [0.1, 0.15) is 27.2 Å². The Kier molecular flexibility index (Phi) is 5.72. The maximum Gasteiger partial charge on any atom is 0.119 e. The van der Waals surface area contributed by atoms with Gasteiger partial charge in [0.05, 0.1) is 6.61 Å². The van der Waals surface area contributed by atoms with E-state index in [1.165, 1.54) is 5.69 Å². The van der Waals surface area contributed by atoms with E-state index in [4.69, 9.17) is 4.74 Å². The van der Waals surface area contributed by atoms with Crippen molar-refractivity contribution >= 4 is 5.69 Å². The molecular formula is C17H28N2O. The first-order valence-electron chi connectivity index (χ1n) is 7.87. The van der Waals surface area contributed by atoms with Crippen LogP contribution in [0.25, 0.3) is 0 Å². The average Bonchev–Trinajstić information content (AvgIpc) is 2.43. The number of nitrogens with one attached hydrogen (secondary N) is 1. The maximum absolute atomic E-state index is 5.66. The van der Waals surface area contributed by atoms with E-state index in [-0.39, 0.29) is 0 Å². The van der Waals surface area contributed by atoms with E-state index in [2.05, 4.69) is 55.3 Å². The van der Waals surface area contributed by atoms with Crippen molar-refractivity contribution < 1.29 is 4.74 Å². The van der Waals surface area contributed by atoms with Crippen LogP contribution in [0.3, 0.4) is 0 Å². The van der Waals surface area contributed by atoms with E-state index in [9.17, 15) is 0 Å². The van der Waals surface area contributed by atoms with Crippen molar-refractivity contribution in [3.05, 3.63) is 24.3 Å². The number of hydrogen-bond acceptors (Lipinski definition) is 3. The third kappa shape index (κ3) is 4.41. The van der Waals surface area contributed by atoms with E-state index in [0.29, 0.717) is 11.8 Å². The average molecular weight is 276 g/mol. The smallest absolute Gasteiger partial charge is 0.119 e. The topological polar surface area (TPSA) is 24.5 Å². The van der Waals surface area contributed by atoms with Crippen LogP contribution < -0.4 is 15.0 Å². The monoisotopic (exact) mass is 276 g/mol. The van der Waals surface area contributed by atoms with Gasteiger partial charge in [-0.25, -0.2) is 0 Å². The SMILES string of the molecule is CCCOc1ccc(N2CC(C)CNCC(C)C2)cc1. The highest BCUT2D eigenvalue weighted by Crippen LogP contribution is 2.22. The fraction of sp³-hybridized carbons (Fsp3) is 0.647. The van der Waals surface area contributed by atoms with Crippen molar-refractivity contribution in [2.45, 2.75) is 27.2 Å². The Morgan fingerprint density at radius 3 is 2.25 bits per heavy atom. The van der Waals surface area contributed by atoms with Gasteiger partial charge in [-0.3, -0.25) is 0 Å². The molecule has 0 radical (unpaired) electrons. The lowest BCUT2D eigenvalue weighted by Crippen LogP contribution is -2.42. The molecule has 20 heavy (non-hydrogen) atoms. The quantitative estimate of drug-likeness (QED) is 0.914. The van der Waals surface area contributed by atoms with Crippen LogP contribution in [0, 0.1) is 11.8 Å². The molecule has 2 unspecified atom stereocenters. The highest BCUT2D eigenvalue weighted by molar-refractivity contribution is 5.49. The Bertz CT molecular complexity index is 378. The van der Waals surface area contributed by atoms with Crippen LogP contribution in [0.2, 0.25) is 0 Å². The standard InChI is InChI=1S/C17H28N2O/c1-4-9-20-17-7-5-16(6-8-17)19-12-14(2)10-18-11-15(3)13-19/h5-8,14-15,18H,4,9-13H2,1-3H3. The van der Waals surface area contributed by atoms with Gasteiger partial charge < -0.3 is 15.0 Å². The summed E-state index contributed by atoms with van der Waals surface area (Å²) in [6.07, 6.45) is 1.05. The number of benzene rings is 1. The van der Waals surface area contributed by atoms with Crippen LogP contribution in [0.5, 0.6) is 5.75 Å². The third-order valence-electron chi connectivity index (χ3n) is 3.72. The van der Waals surface area contributed by atoms with Gasteiger partial charge in [0.2, 0.25) is 0 Å². The fourth-order valence-corrected chi connectivity index (χ4v) is 2.72. The molecule has 112 valence electrons. The van der Waals surface area contributed by atoms with E-state index >= 15 is 0 Å². The van der Waals surface area contributed by atoms with Crippen LogP contribution in [0.4, 0.5) is 5.69 Å². The molecule has 1 heterocycles. The van der Waals surface area contributed by atoms with Gasteiger partial charge in [0.1, 0.15) is 5.75 Å². The van der Waals surface area contributed by atoms with Gasteiger partial charge in [-0.2, -0.15) is 0 Å². The van der Waals surface area contributed by atoms with Gasteiger partial charge in [0, 0.05) is 18.8 Å². The molecule has 3 heteroatoms. The second-order valence-electron chi connectivity index (χ2n) is 6.12. The first-order valence-corrected chi connectivity index (χ1v) is 7.87. The van der Waals surface area contributed by atoms with Crippen molar-refractivity contribution in [3.63, 3.8) is 0 Å². The summed E-state index contributed by atoms with van der Waals surface area (Å²) in [4.78, 5) is 2.51. The molecule has 0 amide bonds. The first kappa shape index (κ1) is 15.2. The summed E-state index contributed by atoms with van der Waals surface area (Å²) in [5, 5.41) is 3.54. The van der Waals surface area contributed by atoms with E-state index < -0.39 is 0 Å². The molecule has 0 bridgehead atoms. The molecule has 1 aliphatic heterocycles. The second-order valence-corrected chi connectivity index (χ2v) is 6.12. The van der Waals surface area contributed by atoms with Gasteiger partial charge in [0.15, 0.2) is 0 Å². The summed E-state index contributed by atoms with van der Waals surface area (Å²) in [6.45, 7) is 12.0. The molecule has 1 saturated heterocycles. The summed E-state index contributed by atoms with van der Waals surface area (Å²) in [7, 11) is 0. The lowest BCUT2D eigenvalue weighted by molar-refractivity contribution is 0.317. The van der Waals surface area contributed by atoms with Crippen molar-refractivity contribution in [2.24, 2.45) is 11.8 Å². The van der Waals surface area contributed by atoms with Crippen LogP contribution in [-0.2, 0) is 0 Å². The summed E-state index contributed by atoms with van der Waals surface area (Å²) in [5.74, 6) is 2.34. The number of nitrogens with zero attached hydrogens (tertiary/aromatic N) is 1. The predicted molar refractivity (Wildman–Crippen MR) is 85.6 cm³/mol. The molecule has 1 aromatic rings. The molecule has 3 nitrogen and oxygen atoms in total. The van der Waals surface area contributed by atoms with Gasteiger partial charge in [-0.05, 0) is 55.6 Å². The zero-order chi connectivity index (χ0) is 14.4. The van der Waals surface area contributed by atoms with Crippen molar-refractivity contribution in [2.75, 3.05) is 37.7 Å². The molecule has 0 spiro atoms. The summed E-state index contributed by atoms with van der Waals surface area (Å²) in [6, 6.07) is 8.58. The fourth-order valence-electron chi connectivity index (χ4n) is 2.72. The normalized spacial score (nSPS) is 24.1. The van der Waals surface area contributed by atoms with Gasteiger partial charge >= 0.3 is 0 Å². The summed E-state index contributed by atoms with van der Waals surface area (Å²) < 4.78 is 5.66. The highest BCUT2D eigenvalue weighted by atomic mass is 16.5. The zero-order valence-corrected chi connectivity index (χ0v) is 13.1. The Balaban J connectivity index is 2.03. The number of ether oxygens (including phenoxy) is 1. The van der Waals surface area contributed by atoms with E-state index in [1.807, 2.05) is 0 Å². The van der Waals surface area contributed by atoms with Crippen molar-refractivity contribution in [1.29, 1.82) is 0 Å². The third-order valence-corrected chi connectivity index (χ3v) is 3.72. The number of hydrogen-bond donors (Lipinski definition) is 1. The molecule has 0 saturated carbocycles. The number of rotatable bonds is 4. The minimum absolute atomic E-state index is 0.679. The lowest BCUT2D eigenvalue weighted by Gasteiger charge is -2.33. The lowest BCUT2D eigenvalue weighted by atomic mass is 10.0. The Labute approximate surface area is 123 Å². The maximum atomic E-state index is 5.66. The molecule has 2 atom stereocenters. The summed E-state index contributed by atoms with van der Waals surface area (Å²) >= 11 is 0. The highest BCUT2D eigenvalue weighted by Gasteiger charge is 2.17. The molecule has 1 N–H and O–H groups in total. The molecule has 1 fully saturated rings. The molecule has 1 aliphatic rings. The van der Waals surface area contributed by atoms with Gasteiger partial charge in [-0.15, -0.1) is 0 Å². The molecule has 1 aromatic carbocycles. The zero-order valence-electron chi connectivity index (χ0n) is 13.1. The minimum Gasteiger partial charge on any atom is -0.494 e. The minimum atomic E-state index is 0.679.